The molecule has 0 N–H and O–H groups in total. The second-order valence-corrected chi connectivity index (χ2v) is 5.49. The zero-order valence-corrected chi connectivity index (χ0v) is 12.7. The minimum Gasteiger partial charge on any atom is -0.469 e. The van der Waals surface area contributed by atoms with Crippen molar-refractivity contribution in [2.45, 2.75) is 38.9 Å². The van der Waals surface area contributed by atoms with Gasteiger partial charge >= 0.3 is 0 Å². The number of carbonyl (C=O) groups excluding carboxylic acids is 1. The highest BCUT2D eigenvalue weighted by Gasteiger charge is 2.32. The molecule has 7 nitrogen and oxygen atoms in total. The molecular formula is C15H19N3O4. The lowest BCUT2D eigenvalue weighted by atomic mass is 10.1. The molecule has 1 fully saturated rings. The molecule has 1 aliphatic heterocycles. The predicted molar refractivity (Wildman–Crippen MR) is 75.9 cm³/mol. The van der Waals surface area contributed by atoms with Crippen LogP contribution in [0.1, 0.15) is 36.9 Å². The fourth-order valence-corrected chi connectivity index (χ4v) is 2.58. The van der Waals surface area contributed by atoms with E-state index >= 15 is 0 Å². The van der Waals surface area contributed by atoms with Crippen molar-refractivity contribution in [2.75, 3.05) is 13.1 Å². The van der Waals surface area contributed by atoms with Crippen molar-refractivity contribution in [3.05, 3.63) is 35.9 Å². The monoisotopic (exact) mass is 305 g/mol. The van der Waals surface area contributed by atoms with E-state index in [0.717, 1.165) is 5.76 Å². The molecule has 2 aromatic rings. The summed E-state index contributed by atoms with van der Waals surface area (Å²) in [7, 11) is 0. The Kier molecular flexibility index (Phi) is 4.24. The third-order valence-electron chi connectivity index (χ3n) is 3.60. The molecule has 0 saturated carbocycles. The van der Waals surface area contributed by atoms with Crippen molar-refractivity contribution in [2.24, 2.45) is 0 Å². The fraction of sp³-hybridized carbons (Fsp3) is 0.533. The number of amides is 1. The molecule has 3 rings (SSSR count). The van der Waals surface area contributed by atoms with Gasteiger partial charge in [-0.05, 0) is 26.0 Å². The van der Waals surface area contributed by atoms with Crippen molar-refractivity contribution in [3.63, 3.8) is 0 Å². The fourth-order valence-electron chi connectivity index (χ4n) is 2.58. The van der Waals surface area contributed by atoms with E-state index in [9.17, 15) is 4.79 Å². The number of furan rings is 1. The van der Waals surface area contributed by atoms with Gasteiger partial charge < -0.3 is 18.6 Å². The summed E-state index contributed by atoms with van der Waals surface area (Å²) < 4.78 is 16.2. The molecule has 3 heterocycles. The second kappa shape index (κ2) is 6.31. The molecule has 1 amide bonds. The van der Waals surface area contributed by atoms with Crippen LogP contribution in [0.5, 0.6) is 0 Å². The Morgan fingerprint density at radius 1 is 1.45 bits per heavy atom. The molecule has 22 heavy (non-hydrogen) atoms. The van der Waals surface area contributed by atoms with E-state index in [4.69, 9.17) is 13.7 Å². The molecule has 0 aliphatic carbocycles. The zero-order chi connectivity index (χ0) is 15.5. The number of hydrogen-bond acceptors (Lipinski definition) is 6. The number of rotatable bonds is 4. The Bertz CT molecular complexity index is 623. The Morgan fingerprint density at radius 3 is 3.00 bits per heavy atom. The molecule has 0 spiro atoms. The minimum atomic E-state index is -0.363. The van der Waals surface area contributed by atoms with Crippen molar-refractivity contribution in [3.8, 4) is 0 Å². The molecule has 0 radical (unpaired) electrons. The van der Waals surface area contributed by atoms with Gasteiger partial charge in [0, 0.05) is 19.4 Å². The first-order valence-electron chi connectivity index (χ1n) is 7.37. The van der Waals surface area contributed by atoms with E-state index in [2.05, 4.69) is 10.1 Å². The van der Waals surface area contributed by atoms with Crippen LogP contribution < -0.4 is 0 Å². The summed E-state index contributed by atoms with van der Waals surface area (Å²) in [5, 5.41) is 3.77. The van der Waals surface area contributed by atoms with E-state index < -0.39 is 0 Å². The van der Waals surface area contributed by atoms with Gasteiger partial charge in [0.25, 0.3) is 5.89 Å². The number of hydrogen-bond donors (Lipinski definition) is 0. The van der Waals surface area contributed by atoms with E-state index in [0.29, 0.717) is 37.6 Å². The van der Waals surface area contributed by atoms with E-state index in [1.54, 1.807) is 18.1 Å². The normalized spacial score (nSPS) is 22.0. The van der Waals surface area contributed by atoms with Gasteiger partial charge in [0.15, 0.2) is 11.9 Å². The van der Waals surface area contributed by atoms with Gasteiger partial charge in [-0.2, -0.15) is 4.98 Å². The summed E-state index contributed by atoms with van der Waals surface area (Å²) in [4.78, 5) is 18.4. The smallest absolute Gasteiger partial charge is 0.257 e. The molecule has 0 unspecified atom stereocenters. The van der Waals surface area contributed by atoms with Gasteiger partial charge in [-0.25, -0.2) is 0 Å². The molecule has 2 atom stereocenters. The van der Waals surface area contributed by atoms with Crippen molar-refractivity contribution >= 4 is 5.91 Å². The topological polar surface area (TPSA) is 81.6 Å². The molecule has 1 aliphatic rings. The first kappa shape index (κ1) is 14.8. The molecule has 118 valence electrons. The lowest BCUT2D eigenvalue weighted by molar-refractivity contribution is -0.146. The Labute approximate surface area is 128 Å². The van der Waals surface area contributed by atoms with Crippen LogP contribution in [0.15, 0.2) is 27.3 Å². The van der Waals surface area contributed by atoms with Crippen LogP contribution in [0.3, 0.4) is 0 Å². The number of aromatic nitrogens is 2. The average molecular weight is 305 g/mol. The highest BCUT2D eigenvalue weighted by molar-refractivity contribution is 5.76. The Hall–Kier alpha value is -2.15. The number of ether oxygens (including phenoxy) is 1. The van der Waals surface area contributed by atoms with Crippen LogP contribution in [-0.4, -0.2) is 40.1 Å². The van der Waals surface area contributed by atoms with E-state index in [1.165, 1.54) is 0 Å². The maximum Gasteiger partial charge on any atom is 0.257 e. The van der Waals surface area contributed by atoms with Crippen LogP contribution in [0.4, 0.5) is 0 Å². The molecule has 2 aromatic heterocycles. The van der Waals surface area contributed by atoms with Crippen molar-refractivity contribution in [1.29, 1.82) is 0 Å². The van der Waals surface area contributed by atoms with Crippen LogP contribution in [-0.2, 0) is 16.0 Å². The molecular weight excluding hydrogens is 286 g/mol. The summed E-state index contributed by atoms with van der Waals surface area (Å²) in [6.45, 7) is 4.69. The summed E-state index contributed by atoms with van der Waals surface area (Å²) in [6, 6.07) is 3.70. The Morgan fingerprint density at radius 2 is 2.32 bits per heavy atom. The van der Waals surface area contributed by atoms with E-state index in [1.807, 2.05) is 19.1 Å². The largest absolute Gasteiger partial charge is 0.469 e. The highest BCUT2D eigenvalue weighted by atomic mass is 16.5. The van der Waals surface area contributed by atoms with E-state index in [-0.39, 0.29) is 18.1 Å². The summed E-state index contributed by atoms with van der Waals surface area (Å²) in [6.07, 6.45) is 2.19. The van der Waals surface area contributed by atoms with Gasteiger partial charge in [0.1, 0.15) is 5.76 Å². The van der Waals surface area contributed by atoms with Crippen LogP contribution in [0.2, 0.25) is 0 Å². The number of morpholine rings is 1. The summed E-state index contributed by atoms with van der Waals surface area (Å²) in [5.41, 5.74) is 0. The summed E-state index contributed by atoms with van der Waals surface area (Å²) in [5.74, 6) is 1.88. The summed E-state index contributed by atoms with van der Waals surface area (Å²) >= 11 is 0. The SMILES string of the molecule is Cc1noc([C@H]2CN(C(=O)CCc3ccco3)C[C@@H](C)O2)n1. The maximum absolute atomic E-state index is 12.4. The predicted octanol–water partition coefficient (Wildman–Crippen LogP) is 1.89. The number of nitrogens with zero attached hydrogens (tertiary/aromatic N) is 3. The lowest BCUT2D eigenvalue weighted by Gasteiger charge is -2.35. The van der Waals surface area contributed by atoms with Crippen LogP contribution >= 0.6 is 0 Å². The number of carbonyl (C=O) groups is 1. The van der Waals surface area contributed by atoms with Crippen molar-refractivity contribution in [1.82, 2.24) is 15.0 Å². The number of aryl methyl sites for hydroxylation is 2. The molecule has 1 saturated heterocycles. The van der Waals surface area contributed by atoms with Crippen molar-refractivity contribution < 1.29 is 18.5 Å². The first-order valence-corrected chi connectivity index (χ1v) is 7.37. The highest BCUT2D eigenvalue weighted by Crippen LogP contribution is 2.24. The third-order valence-corrected chi connectivity index (χ3v) is 3.60. The van der Waals surface area contributed by atoms with Gasteiger partial charge in [0.05, 0.1) is 18.9 Å². The maximum atomic E-state index is 12.4. The molecule has 0 aromatic carbocycles. The Balaban J connectivity index is 1.61. The van der Waals surface area contributed by atoms with Crippen LogP contribution in [0.25, 0.3) is 0 Å². The second-order valence-electron chi connectivity index (χ2n) is 5.49. The lowest BCUT2D eigenvalue weighted by Crippen LogP contribution is -2.46. The van der Waals surface area contributed by atoms with Gasteiger partial charge in [-0.1, -0.05) is 5.16 Å². The standard InChI is InChI=1S/C15H19N3O4/c1-10-8-18(14(19)6-5-12-4-3-7-20-12)9-13(21-10)15-16-11(2)17-22-15/h3-4,7,10,13H,5-6,8-9H2,1-2H3/t10-,13-/m1/s1. The molecule has 0 bridgehead atoms. The van der Waals surface area contributed by atoms with Gasteiger partial charge in [-0.15, -0.1) is 0 Å². The zero-order valence-electron chi connectivity index (χ0n) is 12.7. The quantitative estimate of drug-likeness (QED) is 0.858. The van der Waals surface area contributed by atoms with Gasteiger partial charge in [-0.3, -0.25) is 4.79 Å². The average Bonchev–Trinajstić information content (AvgIpc) is 3.15. The minimum absolute atomic E-state index is 0.0708. The molecule has 7 heteroatoms. The first-order chi connectivity index (χ1) is 10.6. The van der Waals surface area contributed by atoms with Crippen LogP contribution in [0, 0.1) is 6.92 Å². The third kappa shape index (κ3) is 3.36. The van der Waals surface area contributed by atoms with Gasteiger partial charge in [0.2, 0.25) is 5.91 Å².